The van der Waals surface area contributed by atoms with Gasteiger partial charge >= 0.3 is 0 Å². The van der Waals surface area contributed by atoms with Gasteiger partial charge in [0.15, 0.2) is 5.69 Å². The number of halogens is 1. The van der Waals surface area contributed by atoms with Crippen molar-refractivity contribution < 1.29 is 9.18 Å². The van der Waals surface area contributed by atoms with Crippen molar-refractivity contribution in [3.8, 4) is 5.69 Å². The number of rotatable bonds is 3. The van der Waals surface area contributed by atoms with Crippen molar-refractivity contribution in [3.05, 3.63) is 47.0 Å². The van der Waals surface area contributed by atoms with Gasteiger partial charge in [0.2, 0.25) is 0 Å². The van der Waals surface area contributed by atoms with E-state index in [9.17, 15) is 9.18 Å². The number of likely N-dealkylation sites (tertiary alicyclic amines) is 1. The maximum absolute atomic E-state index is 14.2. The molecule has 1 aliphatic heterocycles. The van der Waals surface area contributed by atoms with Crippen molar-refractivity contribution in [3.63, 3.8) is 0 Å². The minimum atomic E-state index is -0.318. The van der Waals surface area contributed by atoms with E-state index >= 15 is 0 Å². The van der Waals surface area contributed by atoms with Gasteiger partial charge in [0.05, 0.1) is 0 Å². The third-order valence-electron chi connectivity index (χ3n) is 5.28. The smallest absolute Gasteiger partial charge is 0.272 e. The van der Waals surface area contributed by atoms with Gasteiger partial charge in [0, 0.05) is 17.3 Å². The highest BCUT2D eigenvalue weighted by molar-refractivity contribution is 5.94. The molecular formula is C19H23FN4O. The number of fused-ring (bicyclic) bond motifs is 1. The van der Waals surface area contributed by atoms with Crippen LogP contribution in [0.1, 0.15) is 41.0 Å². The summed E-state index contributed by atoms with van der Waals surface area (Å²) < 4.78 is 15.8. The molecule has 4 rings (SSSR count). The maximum Gasteiger partial charge on any atom is 0.272 e. The molecule has 1 aromatic carbocycles. The molecule has 0 saturated carbocycles. The van der Waals surface area contributed by atoms with E-state index < -0.39 is 0 Å². The Kier molecular flexibility index (Phi) is 4.29. The fourth-order valence-electron chi connectivity index (χ4n) is 3.85. The number of nitrogens with one attached hydrogen (secondary N) is 1. The zero-order valence-electron chi connectivity index (χ0n) is 14.5. The van der Waals surface area contributed by atoms with Crippen LogP contribution in [0.2, 0.25) is 0 Å². The quantitative estimate of drug-likeness (QED) is 0.931. The van der Waals surface area contributed by atoms with Crippen molar-refractivity contribution in [1.82, 2.24) is 20.0 Å². The Labute approximate surface area is 146 Å². The van der Waals surface area contributed by atoms with Gasteiger partial charge in [-0.3, -0.25) is 4.79 Å². The Morgan fingerprint density at radius 2 is 2.00 bits per heavy atom. The number of hydrogen-bond acceptors (Lipinski definition) is 3. The standard InChI is InChI=1S/C19H23FN4O/c1-23-11-9-13(10-12-23)21-19(25)18-14-5-4-8-16(14)24(22-18)17-7-3-2-6-15(17)20/h2-3,6-7,13H,4-5,8-12H2,1H3,(H,21,25). The van der Waals surface area contributed by atoms with Gasteiger partial charge in [-0.2, -0.15) is 5.10 Å². The van der Waals surface area contributed by atoms with Gasteiger partial charge in [0.1, 0.15) is 11.5 Å². The topological polar surface area (TPSA) is 50.2 Å². The number of piperidine rings is 1. The predicted molar refractivity (Wildman–Crippen MR) is 93.5 cm³/mol. The molecule has 2 aromatic rings. The second kappa shape index (κ2) is 6.59. The molecule has 2 aliphatic rings. The third kappa shape index (κ3) is 3.06. The van der Waals surface area contributed by atoms with E-state index in [1.54, 1.807) is 22.9 Å². The van der Waals surface area contributed by atoms with Gasteiger partial charge < -0.3 is 10.2 Å². The molecule has 25 heavy (non-hydrogen) atoms. The third-order valence-corrected chi connectivity index (χ3v) is 5.28. The SMILES string of the molecule is CN1CCC(NC(=O)c2nn(-c3ccccc3F)c3c2CCC3)CC1. The van der Waals surface area contributed by atoms with Gasteiger partial charge in [-0.1, -0.05) is 12.1 Å². The number of hydrogen-bond donors (Lipinski definition) is 1. The first-order valence-corrected chi connectivity index (χ1v) is 8.98. The average Bonchev–Trinajstić information content (AvgIpc) is 3.20. The number of nitrogens with zero attached hydrogens (tertiary/aromatic N) is 3. The highest BCUT2D eigenvalue weighted by atomic mass is 19.1. The summed E-state index contributed by atoms with van der Waals surface area (Å²) in [5, 5.41) is 7.63. The van der Waals surface area contributed by atoms with Crippen molar-refractivity contribution in [2.45, 2.75) is 38.1 Å². The number of benzene rings is 1. The van der Waals surface area contributed by atoms with Gasteiger partial charge in [-0.05, 0) is 64.4 Å². The van der Waals surface area contributed by atoms with E-state index in [1.165, 1.54) is 6.07 Å². The number of para-hydroxylation sites is 1. The largest absolute Gasteiger partial charge is 0.348 e. The van der Waals surface area contributed by atoms with Crippen molar-refractivity contribution in [2.24, 2.45) is 0 Å². The van der Waals surface area contributed by atoms with Gasteiger partial charge in [-0.15, -0.1) is 0 Å². The summed E-state index contributed by atoms with van der Waals surface area (Å²) in [6.07, 6.45) is 4.56. The summed E-state index contributed by atoms with van der Waals surface area (Å²) >= 11 is 0. The molecule has 1 fully saturated rings. The van der Waals surface area contributed by atoms with E-state index in [4.69, 9.17) is 0 Å². The Bertz CT molecular complexity index is 793. The van der Waals surface area contributed by atoms with Crippen LogP contribution in [0.25, 0.3) is 5.69 Å². The lowest BCUT2D eigenvalue weighted by Gasteiger charge is -2.29. The van der Waals surface area contributed by atoms with Gasteiger partial charge in [0.25, 0.3) is 5.91 Å². The van der Waals surface area contributed by atoms with E-state index in [-0.39, 0.29) is 17.8 Å². The van der Waals surface area contributed by atoms with Crippen LogP contribution in [0.4, 0.5) is 4.39 Å². The first kappa shape index (κ1) is 16.3. The molecule has 1 amide bonds. The summed E-state index contributed by atoms with van der Waals surface area (Å²) in [4.78, 5) is 15.1. The van der Waals surface area contributed by atoms with E-state index in [0.29, 0.717) is 11.4 Å². The van der Waals surface area contributed by atoms with Crippen LogP contribution < -0.4 is 5.32 Å². The summed E-state index contributed by atoms with van der Waals surface area (Å²) in [6, 6.07) is 6.78. The van der Waals surface area contributed by atoms with Crippen LogP contribution in [0.5, 0.6) is 0 Å². The lowest BCUT2D eigenvalue weighted by Crippen LogP contribution is -2.43. The van der Waals surface area contributed by atoms with Crippen LogP contribution in [0.3, 0.4) is 0 Å². The molecule has 0 radical (unpaired) electrons. The number of aromatic nitrogens is 2. The van der Waals surface area contributed by atoms with Crippen LogP contribution in [-0.4, -0.2) is 46.8 Å². The first-order chi connectivity index (χ1) is 12.1. The molecule has 0 atom stereocenters. The Morgan fingerprint density at radius 3 is 2.76 bits per heavy atom. The highest BCUT2D eigenvalue weighted by Crippen LogP contribution is 2.28. The highest BCUT2D eigenvalue weighted by Gasteiger charge is 2.29. The number of carbonyl (C=O) groups is 1. The van der Waals surface area contributed by atoms with E-state index in [1.807, 2.05) is 0 Å². The zero-order chi connectivity index (χ0) is 17.4. The summed E-state index contributed by atoms with van der Waals surface area (Å²) in [7, 11) is 2.10. The van der Waals surface area contributed by atoms with Crippen LogP contribution in [0.15, 0.2) is 24.3 Å². The van der Waals surface area contributed by atoms with E-state index in [0.717, 1.165) is 56.5 Å². The fourth-order valence-corrected chi connectivity index (χ4v) is 3.85. The summed E-state index contributed by atoms with van der Waals surface area (Å²) in [5.74, 6) is -0.440. The van der Waals surface area contributed by atoms with Crippen LogP contribution in [0, 0.1) is 5.82 Å². The first-order valence-electron chi connectivity index (χ1n) is 8.98. The molecule has 6 heteroatoms. The lowest BCUT2D eigenvalue weighted by molar-refractivity contribution is 0.0910. The van der Waals surface area contributed by atoms with Crippen molar-refractivity contribution >= 4 is 5.91 Å². The minimum Gasteiger partial charge on any atom is -0.348 e. The molecule has 5 nitrogen and oxygen atoms in total. The molecule has 0 unspecified atom stereocenters. The Hall–Kier alpha value is -2.21. The second-order valence-corrected chi connectivity index (χ2v) is 7.04. The normalized spacial score (nSPS) is 18.3. The molecule has 0 spiro atoms. The molecule has 2 heterocycles. The monoisotopic (exact) mass is 342 g/mol. The fraction of sp³-hybridized carbons (Fsp3) is 0.474. The van der Waals surface area contributed by atoms with Crippen molar-refractivity contribution in [2.75, 3.05) is 20.1 Å². The summed E-state index contributed by atoms with van der Waals surface area (Å²) in [5.41, 5.74) is 2.83. The predicted octanol–water partition coefficient (Wildman–Crippen LogP) is 2.32. The van der Waals surface area contributed by atoms with Crippen LogP contribution >= 0.6 is 0 Å². The molecule has 1 aromatic heterocycles. The zero-order valence-corrected chi connectivity index (χ0v) is 14.5. The van der Waals surface area contributed by atoms with Crippen molar-refractivity contribution in [1.29, 1.82) is 0 Å². The number of carbonyl (C=O) groups excluding carboxylic acids is 1. The Morgan fingerprint density at radius 1 is 1.24 bits per heavy atom. The number of amides is 1. The molecule has 1 aliphatic carbocycles. The summed E-state index contributed by atoms with van der Waals surface area (Å²) in [6.45, 7) is 1.99. The van der Waals surface area contributed by atoms with Gasteiger partial charge in [-0.25, -0.2) is 9.07 Å². The average molecular weight is 342 g/mol. The van der Waals surface area contributed by atoms with Crippen LogP contribution in [-0.2, 0) is 12.8 Å². The second-order valence-electron chi connectivity index (χ2n) is 7.04. The minimum absolute atomic E-state index is 0.122. The molecule has 132 valence electrons. The molecule has 1 N–H and O–H groups in total. The van der Waals surface area contributed by atoms with E-state index in [2.05, 4.69) is 22.4 Å². The Balaban J connectivity index is 1.61. The lowest BCUT2D eigenvalue weighted by atomic mass is 10.1. The molecular weight excluding hydrogens is 319 g/mol. The molecule has 0 bridgehead atoms. The maximum atomic E-state index is 14.2. The molecule has 1 saturated heterocycles.